The molecule has 4 rings (SSSR count). The Hall–Kier alpha value is -2.32. The van der Waals surface area contributed by atoms with E-state index in [0.29, 0.717) is 38.0 Å². The number of likely N-dealkylation sites (tertiary alicyclic amines) is 1. The van der Waals surface area contributed by atoms with Crippen LogP contribution in [0, 0.1) is 5.92 Å². The summed E-state index contributed by atoms with van der Waals surface area (Å²) < 4.78 is 11.1. The lowest BCUT2D eigenvalue weighted by Crippen LogP contribution is -2.43. The zero-order chi connectivity index (χ0) is 17.1. The molecule has 2 aromatic rings. The number of piperidine rings is 1. The van der Waals surface area contributed by atoms with E-state index in [4.69, 9.17) is 9.47 Å². The molecular weight excluding hydrogens is 322 g/mol. The van der Waals surface area contributed by atoms with Gasteiger partial charge in [0.1, 0.15) is 6.54 Å². The van der Waals surface area contributed by atoms with Crippen molar-refractivity contribution in [2.24, 2.45) is 5.92 Å². The third kappa shape index (κ3) is 3.69. The number of amides is 1. The van der Waals surface area contributed by atoms with Crippen LogP contribution in [0.2, 0.25) is 0 Å². The first-order chi connectivity index (χ1) is 12.3. The number of carbonyl (C=O) groups is 1. The Kier molecular flexibility index (Phi) is 4.71. The second-order valence-corrected chi connectivity index (χ2v) is 6.34. The van der Waals surface area contributed by atoms with Crippen LogP contribution >= 0.6 is 0 Å². The topological polar surface area (TPSA) is 82.4 Å². The highest BCUT2D eigenvalue weighted by atomic mass is 16.7. The second-order valence-electron chi connectivity index (χ2n) is 6.34. The maximum atomic E-state index is 12.5. The van der Waals surface area contributed by atoms with Crippen LogP contribution in [0.4, 0.5) is 0 Å². The highest BCUT2D eigenvalue weighted by Crippen LogP contribution is 2.25. The zero-order valence-corrected chi connectivity index (χ0v) is 14.0. The van der Waals surface area contributed by atoms with Crippen molar-refractivity contribution in [3.05, 3.63) is 30.3 Å². The van der Waals surface area contributed by atoms with Gasteiger partial charge in [0.2, 0.25) is 11.7 Å². The Morgan fingerprint density at radius 2 is 1.84 bits per heavy atom. The minimum absolute atomic E-state index is 0.0173. The Morgan fingerprint density at radius 1 is 1.12 bits per heavy atom. The average molecular weight is 343 g/mol. The summed E-state index contributed by atoms with van der Waals surface area (Å²) in [7, 11) is 0. The van der Waals surface area contributed by atoms with Gasteiger partial charge in [-0.25, -0.2) is 0 Å². The fraction of sp³-hybridized carbons (Fsp3) is 0.529. The normalized spacial score (nSPS) is 19.4. The molecule has 0 bridgehead atoms. The maximum Gasteiger partial charge on any atom is 0.246 e. The number of aromatic nitrogens is 4. The summed E-state index contributed by atoms with van der Waals surface area (Å²) >= 11 is 0. The van der Waals surface area contributed by atoms with Crippen LogP contribution in [0.25, 0.3) is 11.4 Å². The number of tetrazole rings is 1. The van der Waals surface area contributed by atoms with Crippen molar-refractivity contribution in [2.75, 3.05) is 26.3 Å². The standard InChI is InChI=1S/C17H21N5O3/c23-15(21-8-6-14(7-9-21)17-24-10-11-25-17)12-22-19-16(18-20-22)13-4-2-1-3-5-13/h1-5,14,17H,6-12H2. The molecule has 0 saturated carbocycles. The van der Waals surface area contributed by atoms with Crippen LogP contribution in [-0.4, -0.2) is 63.6 Å². The van der Waals surface area contributed by atoms with Crippen LogP contribution in [-0.2, 0) is 20.8 Å². The molecule has 2 saturated heterocycles. The molecule has 0 N–H and O–H groups in total. The first kappa shape index (κ1) is 16.2. The molecule has 1 aromatic carbocycles. The highest BCUT2D eigenvalue weighted by Gasteiger charge is 2.31. The van der Waals surface area contributed by atoms with Gasteiger partial charge in [-0.1, -0.05) is 30.3 Å². The SMILES string of the molecule is O=C(Cn1nnc(-c2ccccc2)n1)N1CCC(C2OCCO2)CC1. The lowest BCUT2D eigenvalue weighted by molar-refractivity contribution is -0.137. The van der Waals surface area contributed by atoms with Crippen molar-refractivity contribution < 1.29 is 14.3 Å². The smallest absolute Gasteiger partial charge is 0.246 e. The van der Waals surface area contributed by atoms with Gasteiger partial charge in [0.15, 0.2) is 6.29 Å². The lowest BCUT2D eigenvalue weighted by atomic mass is 9.96. The molecule has 0 aliphatic carbocycles. The summed E-state index contributed by atoms with van der Waals surface area (Å²) in [6, 6.07) is 9.61. The van der Waals surface area contributed by atoms with Crippen LogP contribution in [0.5, 0.6) is 0 Å². The van der Waals surface area contributed by atoms with E-state index in [9.17, 15) is 4.79 Å². The number of nitrogens with zero attached hydrogens (tertiary/aromatic N) is 5. The zero-order valence-electron chi connectivity index (χ0n) is 14.0. The number of hydrogen-bond donors (Lipinski definition) is 0. The summed E-state index contributed by atoms with van der Waals surface area (Å²) in [6.07, 6.45) is 1.70. The van der Waals surface area contributed by atoms with Gasteiger partial charge >= 0.3 is 0 Å². The summed E-state index contributed by atoms with van der Waals surface area (Å²) in [6.45, 7) is 2.89. The number of rotatable bonds is 4. The van der Waals surface area contributed by atoms with E-state index < -0.39 is 0 Å². The van der Waals surface area contributed by atoms with Crippen molar-refractivity contribution in [1.29, 1.82) is 0 Å². The van der Waals surface area contributed by atoms with Gasteiger partial charge in [0, 0.05) is 24.6 Å². The third-order valence-electron chi connectivity index (χ3n) is 4.69. The number of carbonyl (C=O) groups excluding carboxylic acids is 1. The molecule has 0 atom stereocenters. The van der Waals surface area contributed by atoms with Gasteiger partial charge in [-0.15, -0.1) is 10.2 Å². The first-order valence-corrected chi connectivity index (χ1v) is 8.64. The lowest BCUT2D eigenvalue weighted by Gasteiger charge is -2.33. The van der Waals surface area contributed by atoms with E-state index in [0.717, 1.165) is 18.4 Å². The van der Waals surface area contributed by atoms with Gasteiger partial charge in [0.05, 0.1) is 13.2 Å². The third-order valence-corrected chi connectivity index (χ3v) is 4.69. The number of ether oxygens (including phenoxy) is 2. The summed E-state index contributed by atoms with van der Waals surface area (Å²) in [5.41, 5.74) is 0.888. The second kappa shape index (κ2) is 7.28. The van der Waals surface area contributed by atoms with E-state index >= 15 is 0 Å². The summed E-state index contributed by atoms with van der Waals surface area (Å²) in [4.78, 5) is 15.7. The van der Waals surface area contributed by atoms with Gasteiger partial charge < -0.3 is 14.4 Å². The molecule has 2 fully saturated rings. The Labute approximate surface area is 145 Å². The summed E-state index contributed by atoms with van der Waals surface area (Å²) in [5, 5.41) is 12.3. The van der Waals surface area contributed by atoms with Crippen molar-refractivity contribution in [3.63, 3.8) is 0 Å². The van der Waals surface area contributed by atoms with Gasteiger partial charge in [-0.05, 0) is 18.1 Å². The van der Waals surface area contributed by atoms with E-state index in [2.05, 4.69) is 15.4 Å². The molecule has 25 heavy (non-hydrogen) atoms. The molecule has 0 unspecified atom stereocenters. The minimum atomic E-state index is -0.0948. The maximum absolute atomic E-state index is 12.5. The average Bonchev–Trinajstić information content (AvgIpc) is 3.35. The molecule has 0 radical (unpaired) electrons. The van der Waals surface area contributed by atoms with Gasteiger partial charge in [0.25, 0.3) is 0 Å². The fourth-order valence-corrected chi connectivity index (χ4v) is 3.30. The van der Waals surface area contributed by atoms with Crippen LogP contribution in [0.3, 0.4) is 0 Å². The molecule has 1 aromatic heterocycles. The molecule has 8 heteroatoms. The van der Waals surface area contributed by atoms with Crippen molar-refractivity contribution in [2.45, 2.75) is 25.7 Å². The molecule has 1 amide bonds. The fourth-order valence-electron chi connectivity index (χ4n) is 3.30. The predicted molar refractivity (Wildman–Crippen MR) is 88.2 cm³/mol. The molecule has 3 heterocycles. The first-order valence-electron chi connectivity index (χ1n) is 8.64. The van der Waals surface area contributed by atoms with E-state index in [1.807, 2.05) is 35.2 Å². The quantitative estimate of drug-likeness (QED) is 0.822. The van der Waals surface area contributed by atoms with Crippen molar-refractivity contribution in [3.8, 4) is 11.4 Å². The molecule has 0 spiro atoms. The van der Waals surface area contributed by atoms with E-state index in [1.54, 1.807) is 0 Å². The Bertz CT molecular complexity index is 706. The molecule has 8 nitrogen and oxygen atoms in total. The highest BCUT2D eigenvalue weighted by molar-refractivity contribution is 5.75. The van der Waals surface area contributed by atoms with Crippen molar-refractivity contribution >= 4 is 5.91 Å². The van der Waals surface area contributed by atoms with Crippen LogP contribution in [0.15, 0.2) is 30.3 Å². The Balaban J connectivity index is 1.31. The molecule has 132 valence electrons. The van der Waals surface area contributed by atoms with Gasteiger partial charge in [-0.2, -0.15) is 4.80 Å². The van der Waals surface area contributed by atoms with Crippen LogP contribution < -0.4 is 0 Å². The molecule has 2 aliphatic rings. The van der Waals surface area contributed by atoms with Crippen molar-refractivity contribution in [1.82, 2.24) is 25.1 Å². The monoisotopic (exact) mass is 343 g/mol. The Morgan fingerprint density at radius 3 is 2.56 bits per heavy atom. The van der Waals surface area contributed by atoms with E-state index in [-0.39, 0.29) is 18.7 Å². The van der Waals surface area contributed by atoms with Crippen LogP contribution in [0.1, 0.15) is 12.8 Å². The minimum Gasteiger partial charge on any atom is -0.350 e. The summed E-state index contributed by atoms with van der Waals surface area (Å²) in [5.74, 6) is 0.923. The molecular formula is C17H21N5O3. The largest absolute Gasteiger partial charge is 0.350 e. The predicted octanol–water partition coefficient (Wildman–Crippen LogP) is 0.952. The number of hydrogen-bond acceptors (Lipinski definition) is 6. The van der Waals surface area contributed by atoms with E-state index in [1.165, 1.54) is 4.80 Å². The number of benzene rings is 1. The molecule has 2 aliphatic heterocycles. The van der Waals surface area contributed by atoms with Gasteiger partial charge in [-0.3, -0.25) is 4.79 Å².